The van der Waals surface area contributed by atoms with Gasteiger partial charge in [-0.1, -0.05) is 30.3 Å². The van der Waals surface area contributed by atoms with E-state index < -0.39 is 0 Å². The molecule has 1 atom stereocenters. The van der Waals surface area contributed by atoms with Gasteiger partial charge in [0.25, 0.3) is 0 Å². The summed E-state index contributed by atoms with van der Waals surface area (Å²) in [4.78, 5) is 5.54. The highest BCUT2D eigenvalue weighted by Crippen LogP contribution is 2.27. The predicted octanol–water partition coefficient (Wildman–Crippen LogP) is 2.73. The van der Waals surface area contributed by atoms with Gasteiger partial charge in [0.2, 0.25) is 0 Å². The highest BCUT2D eigenvalue weighted by atomic mass is 32.1. The van der Waals surface area contributed by atoms with Gasteiger partial charge in [0.1, 0.15) is 0 Å². The number of para-hydroxylation sites is 1. The molecule has 2 aromatic heterocycles. The molecule has 3 rings (SSSR count). The number of aryl methyl sites for hydroxylation is 1. The molecule has 3 aromatic rings. The highest BCUT2D eigenvalue weighted by Gasteiger charge is 2.21. The zero-order valence-corrected chi connectivity index (χ0v) is 12.8. The van der Waals surface area contributed by atoms with Crippen molar-refractivity contribution in [1.82, 2.24) is 25.3 Å². The molecule has 0 saturated carbocycles. The summed E-state index contributed by atoms with van der Waals surface area (Å²) in [6.45, 7) is 4.98. The lowest BCUT2D eigenvalue weighted by atomic mass is 10.2. The van der Waals surface area contributed by atoms with Crippen molar-refractivity contribution in [3.05, 3.63) is 58.3 Å². The standard InChI is InChI=1S/C15H17N5S/c1-3-16-15(14-10-17-11(2)21-14)13-9-18-19-20(13)12-7-5-4-6-8-12/h4-10,15-16H,3H2,1-2H3. The van der Waals surface area contributed by atoms with E-state index in [2.05, 4.69) is 27.5 Å². The fourth-order valence-electron chi connectivity index (χ4n) is 2.28. The highest BCUT2D eigenvalue weighted by molar-refractivity contribution is 7.11. The summed E-state index contributed by atoms with van der Waals surface area (Å²) in [5, 5.41) is 12.9. The third kappa shape index (κ3) is 2.86. The number of hydrogen-bond donors (Lipinski definition) is 1. The van der Waals surface area contributed by atoms with Crippen molar-refractivity contribution in [2.24, 2.45) is 0 Å². The Labute approximate surface area is 127 Å². The number of nitrogens with one attached hydrogen (secondary N) is 1. The summed E-state index contributed by atoms with van der Waals surface area (Å²) in [6, 6.07) is 10.1. The van der Waals surface area contributed by atoms with Crippen LogP contribution in [0.4, 0.5) is 0 Å². The molecule has 0 bridgehead atoms. The Morgan fingerprint density at radius 2 is 2.05 bits per heavy atom. The molecule has 0 radical (unpaired) electrons. The van der Waals surface area contributed by atoms with E-state index >= 15 is 0 Å². The van der Waals surface area contributed by atoms with Gasteiger partial charge >= 0.3 is 0 Å². The van der Waals surface area contributed by atoms with Gasteiger partial charge < -0.3 is 5.32 Å². The van der Waals surface area contributed by atoms with E-state index in [0.29, 0.717) is 0 Å². The zero-order valence-electron chi connectivity index (χ0n) is 12.0. The third-order valence-electron chi connectivity index (χ3n) is 3.20. The summed E-state index contributed by atoms with van der Waals surface area (Å²) in [5.41, 5.74) is 2.03. The Kier molecular flexibility index (Phi) is 4.08. The topological polar surface area (TPSA) is 55.6 Å². The van der Waals surface area contributed by atoms with E-state index in [0.717, 1.165) is 22.9 Å². The lowest BCUT2D eigenvalue weighted by Gasteiger charge is -2.17. The third-order valence-corrected chi connectivity index (χ3v) is 4.18. The van der Waals surface area contributed by atoms with Crippen LogP contribution in [-0.2, 0) is 0 Å². The molecule has 0 aliphatic rings. The number of hydrogen-bond acceptors (Lipinski definition) is 5. The molecule has 0 fully saturated rings. The van der Waals surface area contributed by atoms with Crippen molar-refractivity contribution in [2.45, 2.75) is 19.9 Å². The first-order chi connectivity index (χ1) is 10.3. The van der Waals surface area contributed by atoms with Crippen LogP contribution < -0.4 is 5.32 Å². The molecule has 0 amide bonds. The smallest absolute Gasteiger partial charge is 0.0897 e. The summed E-state index contributed by atoms with van der Waals surface area (Å²) in [6.07, 6.45) is 3.74. The van der Waals surface area contributed by atoms with E-state index in [1.165, 1.54) is 4.88 Å². The monoisotopic (exact) mass is 299 g/mol. The van der Waals surface area contributed by atoms with Crippen molar-refractivity contribution in [3.63, 3.8) is 0 Å². The van der Waals surface area contributed by atoms with Crippen molar-refractivity contribution < 1.29 is 0 Å². The largest absolute Gasteiger partial charge is 0.304 e. The fraction of sp³-hybridized carbons (Fsp3) is 0.267. The van der Waals surface area contributed by atoms with Crippen LogP contribution in [0, 0.1) is 6.92 Å². The van der Waals surface area contributed by atoms with Crippen LogP contribution in [0.25, 0.3) is 5.69 Å². The average Bonchev–Trinajstić information content (AvgIpc) is 3.15. The van der Waals surface area contributed by atoms with E-state index in [1.54, 1.807) is 11.3 Å². The van der Waals surface area contributed by atoms with Crippen LogP contribution in [0.15, 0.2) is 42.7 Å². The van der Waals surface area contributed by atoms with Crippen LogP contribution in [-0.4, -0.2) is 26.5 Å². The van der Waals surface area contributed by atoms with Gasteiger partial charge in [0.05, 0.1) is 28.6 Å². The molecule has 5 nitrogen and oxygen atoms in total. The summed E-state index contributed by atoms with van der Waals surface area (Å²) < 4.78 is 1.88. The molecule has 1 N–H and O–H groups in total. The van der Waals surface area contributed by atoms with Crippen LogP contribution in [0.5, 0.6) is 0 Å². The molecule has 2 heterocycles. The summed E-state index contributed by atoms with van der Waals surface area (Å²) >= 11 is 1.70. The van der Waals surface area contributed by atoms with Crippen molar-refractivity contribution in [3.8, 4) is 5.69 Å². The van der Waals surface area contributed by atoms with E-state index in [1.807, 2.05) is 54.3 Å². The minimum Gasteiger partial charge on any atom is -0.304 e. The lowest BCUT2D eigenvalue weighted by Crippen LogP contribution is -2.23. The maximum atomic E-state index is 4.36. The van der Waals surface area contributed by atoms with Crippen LogP contribution in [0.2, 0.25) is 0 Å². The molecule has 1 aromatic carbocycles. The Balaban J connectivity index is 2.03. The first-order valence-corrected chi connectivity index (χ1v) is 7.73. The van der Waals surface area contributed by atoms with Crippen LogP contribution in [0.3, 0.4) is 0 Å². The summed E-state index contributed by atoms with van der Waals surface area (Å²) in [7, 11) is 0. The number of nitrogens with zero attached hydrogens (tertiary/aromatic N) is 4. The Hall–Kier alpha value is -2.05. The zero-order chi connectivity index (χ0) is 14.7. The molecule has 21 heavy (non-hydrogen) atoms. The normalized spacial score (nSPS) is 12.5. The maximum Gasteiger partial charge on any atom is 0.0897 e. The van der Waals surface area contributed by atoms with Crippen molar-refractivity contribution in [1.29, 1.82) is 0 Å². The van der Waals surface area contributed by atoms with Crippen molar-refractivity contribution in [2.75, 3.05) is 6.54 Å². The maximum absolute atomic E-state index is 4.36. The first kappa shape index (κ1) is 13.9. The minimum absolute atomic E-state index is 0.0522. The van der Waals surface area contributed by atoms with Gasteiger partial charge in [-0.15, -0.1) is 16.4 Å². The molecule has 1 unspecified atom stereocenters. The molecule has 0 aliphatic heterocycles. The van der Waals surface area contributed by atoms with Gasteiger partial charge in [-0.25, -0.2) is 9.67 Å². The lowest BCUT2D eigenvalue weighted by molar-refractivity contribution is 0.599. The second-order valence-corrected chi connectivity index (χ2v) is 5.94. The Bertz CT molecular complexity index is 704. The van der Waals surface area contributed by atoms with Gasteiger partial charge in [0, 0.05) is 11.1 Å². The van der Waals surface area contributed by atoms with Gasteiger partial charge in [-0.2, -0.15) is 0 Å². The molecule has 6 heteroatoms. The Morgan fingerprint density at radius 1 is 1.24 bits per heavy atom. The van der Waals surface area contributed by atoms with Crippen LogP contribution in [0.1, 0.15) is 28.5 Å². The number of thiazole rings is 1. The molecule has 108 valence electrons. The quantitative estimate of drug-likeness (QED) is 0.787. The van der Waals surface area contributed by atoms with Gasteiger partial charge in [-0.3, -0.25) is 0 Å². The van der Waals surface area contributed by atoms with E-state index in [9.17, 15) is 0 Å². The predicted molar refractivity (Wildman–Crippen MR) is 83.7 cm³/mol. The number of rotatable bonds is 5. The molecule has 0 aliphatic carbocycles. The van der Waals surface area contributed by atoms with E-state index in [-0.39, 0.29) is 6.04 Å². The van der Waals surface area contributed by atoms with Crippen LogP contribution >= 0.6 is 11.3 Å². The molecule has 0 saturated heterocycles. The number of benzene rings is 1. The average molecular weight is 299 g/mol. The number of aromatic nitrogens is 4. The second kappa shape index (κ2) is 6.15. The molecular formula is C15H17N5S. The van der Waals surface area contributed by atoms with Gasteiger partial charge in [0.15, 0.2) is 0 Å². The minimum atomic E-state index is 0.0522. The summed E-state index contributed by atoms with van der Waals surface area (Å²) in [5.74, 6) is 0. The Morgan fingerprint density at radius 3 is 2.71 bits per heavy atom. The van der Waals surface area contributed by atoms with Gasteiger partial charge in [-0.05, 0) is 25.6 Å². The second-order valence-electron chi connectivity index (χ2n) is 4.68. The first-order valence-electron chi connectivity index (χ1n) is 6.91. The fourth-order valence-corrected chi connectivity index (χ4v) is 3.15. The van der Waals surface area contributed by atoms with Crippen molar-refractivity contribution >= 4 is 11.3 Å². The SMILES string of the molecule is CCNC(c1cnc(C)s1)c1cnnn1-c1ccccc1. The molecular weight excluding hydrogens is 282 g/mol. The van der Waals surface area contributed by atoms with E-state index in [4.69, 9.17) is 0 Å². The molecule has 0 spiro atoms.